The van der Waals surface area contributed by atoms with Gasteiger partial charge in [0.25, 0.3) is 0 Å². The van der Waals surface area contributed by atoms with Crippen LogP contribution in [0.3, 0.4) is 0 Å². The number of rotatable bonds is 0. The zero-order chi connectivity index (χ0) is 11.5. The number of thiazole rings is 1. The molecule has 1 aromatic carbocycles. The normalized spacial score (nSPS) is 10.9. The summed E-state index contributed by atoms with van der Waals surface area (Å²) in [5.41, 5.74) is 3.43. The monoisotopic (exact) mass is 247 g/mol. The fraction of sp³-hybridized carbons (Fsp3) is 0.125. The van der Waals surface area contributed by atoms with E-state index in [2.05, 4.69) is 41.4 Å². The maximum Gasteiger partial charge on any atom is 1.00 e. The Bertz CT molecular complexity index is 544. The summed E-state index contributed by atoms with van der Waals surface area (Å²) >= 11 is 1.78. The second-order valence-electron chi connectivity index (χ2n) is 2.71. The summed E-state index contributed by atoms with van der Waals surface area (Å²) in [6.07, 6.45) is 0. The second kappa shape index (κ2) is 4.67. The van der Waals surface area contributed by atoms with Gasteiger partial charge in [0, 0.05) is 16.5 Å². The van der Waals surface area contributed by atoms with Crippen molar-refractivity contribution in [3.05, 3.63) is 29.8 Å². The maximum atomic E-state index is 8.52. The van der Waals surface area contributed by atoms with E-state index in [1.165, 1.54) is 10.2 Å². The van der Waals surface area contributed by atoms with E-state index in [0.717, 1.165) is 0 Å². The molecule has 0 unspecified atom stereocenters. The molecule has 5 nitrogen and oxygen atoms in total. The Hall–Kier alpha value is -1.02. The summed E-state index contributed by atoms with van der Waals surface area (Å²) in [6.45, 7) is 0. The van der Waals surface area contributed by atoms with Crippen LogP contribution in [0.15, 0.2) is 29.8 Å². The zero-order valence-corrected chi connectivity index (χ0v) is 9.42. The van der Waals surface area contributed by atoms with E-state index in [1.807, 2.05) is 0 Å². The average molecular weight is 247 g/mol. The minimum absolute atomic E-state index is 0. The van der Waals surface area contributed by atoms with Gasteiger partial charge in [-0.1, -0.05) is 23.5 Å². The highest BCUT2D eigenvalue weighted by Crippen LogP contribution is 2.13. The second-order valence-corrected chi connectivity index (χ2v) is 4.41. The molecule has 0 saturated carbocycles. The molecule has 1 aromatic heterocycles. The van der Waals surface area contributed by atoms with Crippen molar-refractivity contribution in [2.24, 2.45) is 7.05 Å². The Morgan fingerprint density at radius 1 is 1.33 bits per heavy atom. The van der Waals surface area contributed by atoms with Crippen molar-refractivity contribution in [3.63, 3.8) is 0 Å². The first-order valence-corrected chi connectivity index (χ1v) is 6.08. The first-order valence-electron chi connectivity index (χ1n) is 3.86. The minimum Gasteiger partial charge on any atom is -0.759 e. The van der Waals surface area contributed by atoms with Crippen LogP contribution in [0.5, 0.6) is 0 Å². The van der Waals surface area contributed by atoms with Crippen LogP contribution in [0, 0.1) is 0 Å². The van der Waals surface area contributed by atoms with Crippen LogP contribution in [0.2, 0.25) is 0 Å². The van der Waals surface area contributed by atoms with Crippen molar-refractivity contribution in [3.8, 4) is 0 Å². The third-order valence-electron chi connectivity index (χ3n) is 1.58. The van der Waals surface area contributed by atoms with E-state index in [9.17, 15) is 0 Å². The summed E-state index contributed by atoms with van der Waals surface area (Å²) in [4.78, 5) is 0. The Labute approximate surface area is 92.7 Å². The first kappa shape index (κ1) is 12.1. The Morgan fingerprint density at radius 2 is 1.87 bits per heavy atom. The van der Waals surface area contributed by atoms with Gasteiger partial charge in [0.2, 0.25) is 11.0 Å². The van der Waals surface area contributed by atoms with E-state index < -0.39 is 10.4 Å². The van der Waals surface area contributed by atoms with Crippen molar-refractivity contribution in [2.45, 2.75) is 0 Å². The van der Waals surface area contributed by atoms with Crippen LogP contribution in [0.25, 0.3) is 10.2 Å². The highest BCUT2D eigenvalue weighted by molar-refractivity contribution is 7.79. The van der Waals surface area contributed by atoms with Crippen molar-refractivity contribution < 1.29 is 23.5 Å². The van der Waals surface area contributed by atoms with Gasteiger partial charge in [-0.05, 0) is 6.07 Å². The number of nitrogens with zero attached hydrogens (tertiary/aromatic N) is 1. The Kier molecular flexibility index (Phi) is 3.75. The van der Waals surface area contributed by atoms with Crippen molar-refractivity contribution >= 4 is 32.0 Å². The van der Waals surface area contributed by atoms with Crippen LogP contribution in [-0.4, -0.2) is 17.5 Å². The third kappa shape index (κ3) is 4.34. The fourth-order valence-electron chi connectivity index (χ4n) is 1.04. The SMILES string of the molecule is C[n+]1csc2ccccc21.O=S(=O)([O-])[O-].[H+]. The van der Waals surface area contributed by atoms with Crippen molar-refractivity contribution in [2.75, 3.05) is 0 Å². The van der Waals surface area contributed by atoms with Gasteiger partial charge in [-0.3, -0.25) is 8.42 Å². The number of aromatic nitrogens is 1. The predicted octanol–water partition coefficient (Wildman–Crippen LogP) is 0.500. The quantitative estimate of drug-likeness (QED) is 0.385. The molecule has 0 aliphatic heterocycles. The molecule has 0 saturated heterocycles. The van der Waals surface area contributed by atoms with Gasteiger partial charge in [0.1, 0.15) is 11.7 Å². The zero-order valence-electron chi connectivity index (χ0n) is 8.78. The van der Waals surface area contributed by atoms with Crippen LogP contribution >= 0.6 is 11.3 Å². The lowest BCUT2D eigenvalue weighted by molar-refractivity contribution is -0.640. The van der Waals surface area contributed by atoms with Gasteiger partial charge in [0.05, 0.1) is 0 Å². The number of hydrogen-bond acceptors (Lipinski definition) is 5. The molecule has 0 aliphatic rings. The van der Waals surface area contributed by atoms with Gasteiger partial charge in [-0.25, -0.2) is 0 Å². The minimum atomic E-state index is -5.17. The molecular formula is C8H9NO4S2. The van der Waals surface area contributed by atoms with E-state index in [4.69, 9.17) is 17.5 Å². The fourth-order valence-corrected chi connectivity index (χ4v) is 1.92. The van der Waals surface area contributed by atoms with Gasteiger partial charge in [-0.15, -0.1) is 0 Å². The lowest BCUT2D eigenvalue weighted by Gasteiger charge is -2.06. The molecule has 1 heterocycles. The molecule has 2 rings (SSSR count). The topological polar surface area (TPSA) is 84.1 Å². The summed E-state index contributed by atoms with van der Waals surface area (Å²) < 4.78 is 37.6. The molecule has 15 heavy (non-hydrogen) atoms. The molecule has 0 radical (unpaired) electrons. The van der Waals surface area contributed by atoms with Gasteiger partial charge < -0.3 is 9.11 Å². The smallest absolute Gasteiger partial charge is 0.759 e. The Morgan fingerprint density at radius 3 is 2.40 bits per heavy atom. The van der Waals surface area contributed by atoms with E-state index in [1.54, 1.807) is 11.3 Å². The molecule has 0 fully saturated rings. The standard InChI is InChI=1S/C8H8NS.H2O4S/c1-9-6-10-8-5-3-2-4-7(8)9;1-5(2,3)4/h2-6H,1H3;(H2,1,2,3,4)/q+1;/p-1. The number of para-hydroxylation sites is 1. The number of fused-ring (bicyclic) bond motifs is 1. The van der Waals surface area contributed by atoms with E-state index in [0.29, 0.717) is 0 Å². The Balaban J connectivity index is 0.000000330. The van der Waals surface area contributed by atoms with Gasteiger partial charge in [0.15, 0.2) is 0 Å². The van der Waals surface area contributed by atoms with Crippen LogP contribution in [-0.2, 0) is 17.4 Å². The summed E-state index contributed by atoms with van der Waals surface area (Å²) in [6, 6.07) is 8.40. The molecule has 0 aliphatic carbocycles. The lowest BCUT2D eigenvalue weighted by atomic mass is 10.3. The summed E-state index contributed by atoms with van der Waals surface area (Å²) in [7, 11) is -3.10. The van der Waals surface area contributed by atoms with Crippen LogP contribution in [0.1, 0.15) is 1.43 Å². The average Bonchev–Trinajstić information content (AvgIpc) is 2.46. The first-order chi connectivity index (χ1) is 6.88. The van der Waals surface area contributed by atoms with E-state index in [-0.39, 0.29) is 1.43 Å². The van der Waals surface area contributed by atoms with Crippen molar-refractivity contribution in [1.82, 2.24) is 0 Å². The maximum absolute atomic E-state index is 8.52. The molecule has 0 N–H and O–H groups in total. The van der Waals surface area contributed by atoms with E-state index >= 15 is 0 Å². The predicted molar refractivity (Wildman–Crippen MR) is 54.6 cm³/mol. The molecule has 0 spiro atoms. The van der Waals surface area contributed by atoms with Crippen LogP contribution < -0.4 is 4.57 Å². The summed E-state index contributed by atoms with van der Waals surface area (Å²) in [5.74, 6) is 0. The van der Waals surface area contributed by atoms with Gasteiger partial charge in [-0.2, -0.15) is 4.57 Å². The lowest BCUT2D eigenvalue weighted by Crippen LogP contribution is -2.24. The molecule has 0 amide bonds. The number of aryl methyl sites for hydroxylation is 1. The largest absolute Gasteiger partial charge is 1.00 e. The van der Waals surface area contributed by atoms with Gasteiger partial charge >= 0.3 is 1.43 Å². The highest BCUT2D eigenvalue weighted by atomic mass is 32.3. The molecule has 0 bridgehead atoms. The molecular weight excluding hydrogens is 238 g/mol. The molecule has 7 heteroatoms. The molecule has 82 valence electrons. The number of benzene rings is 1. The highest BCUT2D eigenvalue weighted by Gasteiger charge is 2.03. The number of hydrogen-bond donors (Lipinski definition) is 0. The summed E-state index contributed by atoms with van der Waals surface area (Å²) in [5, 5.41) is 0. The van der Waals surface area contributed by atoms with Crippen LogP contribution in [0.4, 0.5) is 0 Å². The third-order valence-corrected chi connectivity index (χ3v) is 2.60. The molecule has 0 atom stereocenters. The van der Waals surface area contributed by atoms with Crippen molar-refractivity contribution in [1.29, 1.82) is 0 Å². The molecule has 2 aromatic rings.